The number of thiazole rings is 1. The molecule has 0 fully saturated rings. The van der Waals surface area contributed by atoms with Crippen molar-refractivity contribution in [1.29, 1.82) is 0 Å². The molecule has 2 atom stereocenters. The molecule has 2 amide bonds. The van der Waals surface area contributed by atoms with E-state index in [0.717, 1.165) is 18.2 Å². The van der Waals surface area contributed by atoms with E-state index in [9.17, 15) is 18.0 Å². The Balaban J connectivity index is 1.97. The molecule has 0 aliphatic carbocycles. The number of benzene rings is 1. The minimum atomic E-state index is -3.24. The summed E-state index contributed by atoms with van der Waals surface area (Å²) < 4.78 is 23.1. The lowest BCUT2D eigenvalue weighted by molar-refractivity contribution is -0.128. The van der Waals surface area contributed by atoms with Crippen molar-refractivity contribution in [2.24, 2.45) is 0 Å². The highest BCUT2D eigenvalue weighted by atomic mass is 32.2. The number of amides is 2. The maximum atomic E-state index is 12.2. The third-order valence-electron chi connectivity index (χ3n) is 4.21. The molecule has 0 aliphatic heterocycles. The zero-order valence-electron chi connectivity index (χ0n) is 16.4. The van der Waals surface area contributed by atoms with E-state index in [4.69, 9.17) is 0 Å². The molecule has 9 heteroatoms. The summed E-state index contributed by atoms with van der Waals surface area (Å²) in [5.41, 5.74) is 1.45. The molecule has 7 nitrogen and oxygen atoms in total. The van der Waals surface area contributed by atoms with Crippen LogP contribution >= 0.6 is 11.3 Å². The van der Waals surface area contributed by atoms with E-state index in [2.05, 4.69) is 15.6 Å². The van der Waals surface area contributed by atoms with Crippen LogP contribution in [0.25, 0.3) is 11.3 Å². The summed E-state index contributed by atoms with van der Waals surface area (Å²) in [4.78, 5) is 28.9. The monoisotopic (exact) mass is 423 g/mol. The molecule has 28 heavy (non-hydrogen) atoms. The Morgan fingerprint density at radius 1 is 1.14 bits per heavy atom. The van der Waals surface area contributed by atoms with Crippen LogP contribution in [0.3, 0.4) is 0 Å². The maximum Gasteiger partial charge on any atom is 0.242 e. The number of nitrogens with zero attached hydrogens (tertiary/aromatic N) is 1. The predicted molar refractivity (Wildman–Crippen MR) is 110 cm³/mol. The lowest BCUT2D eigenvalue weighted by Gasteiger charge is -2.17. The molecule has 2 aromatic rings. The number of carbonyl (C=O) groups is 2. The van der Waals surface area contributed by atoms with Crippen LogP contribution in [0.5, 0.6) is 0 Å². The average Bonchev–Trinajstić information content (AvgIpc) is 3.09. The summed E-state index contributed by atoms with van der Waals surface area (Å²) in [6.07, 6.45) is 2.05. The van der Waals surface area contributed by atoms with Gasteiger partial charge in [0.05, 0.1) is 17.0 Å². The Morgan fingerprint density at radius 3 is 2.36 bits per heavy atom. The molecule has 0 bridgehead atoms. The Bertz CT molecular complexity index is 936. The summed E-state index contributed by atoms with van der Waals surface area (Å²) in [6.45, 7) is 5.53. The zero-order valence-corrected chi connectivity index (χ0v) is 18.0. The van der Waals surface area contributed by atoms with Gasteiger partial charge in [-0.05, 0) is 32.4 Å². The van der Waals surface area contributed by atoms with Crippen molar-refractivity contribution < 1.29 is 18.0 Å². The number of nitrogens with one attached hydrogen (secondary N) is 2. The minimum Gasteiger partial charge on any atom is -0.352 e. The molecule has 0 aliphatic rings. The number of hydrogen-bond donors (Lipinski definition) is 2. The van der Waals surface area contributed by atoms with Crippen molar-refractivity contribution in [2.45, 2.75) is 50.6 Å². The summed E-state index contributed by atoms with van der Waals surface area (Å²) in [7, 11) is -3.24. The molecule has 1 aromatic heterocycles. The smallest absolute Gasteiger partial charge is 0.242 e. The quantitative estimate of drug-likeness (QED) is 0.677. The van der Waals surface area contributed by atoms with Crippen LogP contribution in [0.1, 0.15) is 32.2 Å². The van der Waals surface area contributed by atoms with Crippen LogP contribution in [-0.2, 0) is 25.8 Å². The first-order chi connectivity index (χ1) is 13.1. The van der Waals surface area contributed by atoms with E-state index in [1.165, 1.54) is 23.5 Å². The number of rotatable bonds is 8. The third-order valence-corrected chi connectivity index (χ3v) is 6.19. The van der Waals surface area contributed by atoms with E-state index in [0.29, 0.717) is 10.7 Å². The first-order valence-corrected chi connectivity index (χ1v) is 11.7. The molecular formula is C19H25N3O4S2. The van der Waals surface area contributed by atoms with Crippen molar-refractivity contribution >= 4 is 33.0 Å². The molecule has 0 radical (unpaired) electrons. The first-order valence-electron chi connectivity index (χ1n) is 8.94. The van der Waals surface area contributed by atoms with E-state index < -0.39 is 15.9 Å². The van der Waals surface area contributed by atoms with Gasteiger partial charge < -0.3 is 10.6 Å². The summed E-state index contributed by atoms with van der Waals surface area (Å²) in [6, 6.07) is 5.89. The SMILES string of the molecule is CC[C@@H](C)NC(=O)[C@@H](C)NC(=O)Cc1nc(-c2ccc(S(C)(=O)=O)cc2)cs1. The van der Waals surface area contributed by atoms with E-state index in [1.807, 2.05) is 19.2 Å². The van der Waals surface area contributed by atoms with Crippen molar-refractivity contribution in [1.82, 2.24) is 15.6 Å². The Hall–Kier alpha value is -2.26. The van der Waals surface area contributed by atoms with Crippen molar-refractivity contribution in [2.75, 3.05) is 6.26 Å². The first kappa shape index (κ1) is 22.0. The van der Waals surface area contributed by atoms with Crippen LogP contribution < -0.4 is 10.6 Å². The summed E-state index contributed by atoms with van der Waals surface area (Å²) in [5, 5.41) is 7.95. The lowest BCUT2D eigenvalue weighted by Crippen LogP contribution is -2.47. The maximum absolute atomic E-state index is 12.2. The van der Waals surface area contributed by atoms with Gasteiger partial charge in [0, 0.05) is 23.2 Å². The van der Waals surface area contributed by atoms with E-state index in [1.54, 1.807) is 19.1 Å². The second-order valence-electron chi connectivity index (χ2n) is 6.71. The molecule has 2 N–H and O–H groups in total. The Morgan fingerprint density at radius 2 is 1.79 bits per heavy atom. The van der Waals surface area contributed by atoms with Gasteiger partial charge >= 0.3 is 0 Å². The molecule has 1 aromatic carbocycles. The third kappa shape index (κ3) is 6.13. The number of aromatic nitrogens is 1. The van der Waals surface area contributed by atoms with E-state index >= 15 is 0 Å². The van der Waals surface area contributed by atoms with Gasteiger partial charge in [0.2, 0.25) is 11.8 Å². The second-order valence-corrected chi connectivity index (χ2v) is 9.67. The highest BCUT2D eigenvalue weighted by molar-refractivity contribution is 7.90. The van der Waals surface area contributed by atoms with Gasteiger partial charge in [-0.25, -0.2) is 13.4 Å². The van der Waals surface area contributed by atoms with Gasteiger partial charge in [-0.2, -0.15) is 0 Å². The summed E-state index contributed by atoms with van der Waals surface area (Å²) >= 11 is 1.34. The Labute approximate surface area is 169 Å². The van der Waals surface area contributed by atoms with E-state index in [-0.39, 0.29) is 29.2 Å². The van der Waals surface area contributed by atoms with Crippen LogP contribution in [0.2, 0.25) is 0 Å². The molecule has 0 spiro atoms. The van der Waals surface area contributed by atoms with Gasteiger partial charge in [-0.1, -0.05) is 19.1 Å². The Kier molecular flexibility index (Phi) is 7.31. The van der Waals surface area contributed by atoms with Gasteiger partial charge in [0.25, 0.3) is 0 Å². The van der Waals surface area contributed by atoms with Gasteiger partial charge in [-0.15, -0.1) is 11.3 Å². The average molecular weight is 424 g/mol. The predicted octanol–water partition coefficient (Wildman–Crippen LogP) is 2.18. The number of carbonyl (C=O) groups excluding carboxylic acids is 2. The fourth-order valence-electron chi connectivity index (χ4n) is 2.36. The molecule has 1 heterocycles. The van der Waals surface area contributed by atoms with Gasteiger partial charge in [-0.3, -0.25) is 9.59 Å². The molecule has 0 unspecified atom stereocenters. The molecular weight excluding hydrogens is 398 g/mol. The van der Waals surface area contributed by atoms with Crippen LogP contribution in [0.15, 0.2) is 34.5 Å². The largest absolute Gasteiger partial charge is 0.352 e. The normalized spacial score (nSPS) is 13.6. The number of sulfone groups is 1. The highest BCUT2D eigenvalue weighted by Crippen LogP contribution is 2.23. The van der Waals surface area contributed by atoms with Crippen LogP contribution in [0.4, 0.5) is 0 Å². The van der Waals surface area contributed by atoms with Gasteiger partial charge in [0.1, 0.15) is 11.0 Å². The minimum absolute atomic E-state index is 0.0578. The van der Waals surface area contributed by atoms with Gasteiger partial charge in [0.15, 0.2) is 9.84 Å². The second kappa shape index (κ2) is 9.29. The topological polar surface area (TPSA) is 105 Å². The molecule has 2 rings (SSSR count). The fourth-order valence-corrected chi connectivity index (χ4v) is 3.80. The molecule has 152 valence electrons. The molecule has 0 saturated carbocycles. The van der Waals surface area contributed by atoms with Crippen molar-refractivity contribution in [3.8, 4) is 11.3 Å². The lowest BCUT2D eigenvalue weighted by atomic mass is 10.2. The summed E-state index contributed by atoms with van der Waals surface area (Å²) in [5.74, 6) is -0.492. The van der Waals surface area contributed by atoms with Crippen LogP contribution in [-0.4, -0.2) is 43.6 Å². The fraction of sp³-hybridized carbons (Fsp3) is 0.421. The van der Waals surface area contributed by atoms with Crippen molar-refractivity contribution in [3.63, 3.8) is 0 Å². The van der Waals surface area contributed by atoms with Crippen LogP contribution in [0, 0.1) is 0 Å². The zero-order chi connectivity index (χ0) is 20.9. The highest BCUT2D eigenvalue weighted by Gasteiger charge is 2.18. The molecule has 0 saturated heterocycles. The standard InChI is InChI=1S/C19H25N3O4S2/c1-5-12(2)20-19(24)13(3)21-17(23)10-18-22-16(11-27-18)14-6-8-15(9-7-14)28(4,25)26/h6-9,11-13H,5,10H2,1-4H3,(H,20,24)(H,21,23)/t12-,13-/m1/s1. The van der Waals surface area contributed by atoms with Crippen molar-refractivity contribution in [3.05, 3.63) is 34.7 Å². The number of hydrogen-bond acceptors (Lipinski definition) is 6.